The Balaban J connectivity index is 1.91. The zero-order valence-electron chi connectivity index (χ0n) is 11.5. The van der Waals surface area contributed by atoms with E-state index in [-0.39, 0.29) is 5.91 Å². The second-order valence-corrected chi connectivity index (χ2v) is 5.52. The number of aryl methyl sites for hydroxylation is 1. The fourth-order valence-corrected chi connectivity index (χ4v) is 2.71. The molecule has 0 aliphatic heterocycles. The summed E-state index contributed by atoms with van der Waals surface area (Å²) in [5.41, 5.74) is 2.39. The molecule has 0 bridgehead atoms. The Hall–Kier alpha value is -2.14. The van der Waals surface area contributed by atoms with Gasteiger partial charge in [-0.1, -0.05) is 12.1 Å². The van der Waals surface area contributed by atoms with Gasteiger partial charge in [0, 0.05) is 22.1 Å². The highest BCUT2D eigenvalue weighted by molar-refractivity contribution is 9.10. The Kier molecular flexibility index (Phi) is 3.75. The van der Waals surface area contributed by atoms with Crippen LogP contribution in [0.2, 0.25) is 0 Å². The maximum atomic E-state index is 12.3. The summed E-state index contributed by atoms with van der Waals surface area (Å²) in [6, 6.07) is 13.2. The average molecular weight is 344 g/mol. The van der Waals surface area contributed by atoms with Crippen LogP contribution in [0.3, 0.4) is 0 Å². The Morgan fingerprint density at radius 3 is 2.86 bits per heavy atom. The Morgan fingerprint density at radius 2 is 2.10 bits per heavy atom. The van der Waals surface area contributed by atoms with Crippen molar-refractivity contribution in [2.24, 2.45) is 0 Å². The van der Waals surface area contributed by atoms with Crippen molar-refractivity contribution in [2.45, 2.75) is 13.5 Å². The molecule has 106 valence electrons. The van der Waals surface area contributed by atoms with Gasteiger partial charge in [-0.05, 0) is 53.2 Å². The number of carbonyl (C=O) groups excluding carboxylic acids is 1. The molecule has 3 rings (SSSR count). The van der Waals surface area contributed by atoms with E-state index in [9.17, 15) is 4.79 Å². The molecule has 4 nitrogen and oxygen atoms in total. The lowest BCUT2D eigenvalue weighted by atomic mass is 10.2. The highest BCUT2D eigenvalue weighted by Gasteiger charge is 2.10. The van der Waals surface area contributed by atoms with E-state index in [1.165, 1.54) is 0 Å². The van der Waals surface area contributed by atoms with Crippen LogP contribution in [-0.2, 0) is 6.54 Å². The molecular formula is C16H14BrN3O. The molecule has 0 saturated carbocycles. The third-order valence-electron chi connectivity index (χ3n) is 3.32. The number of aromatic nitrogens is 2. The number of nitrogens with one attached hydrogen (secondary N) is 1. The van der Waals surface area contributed by atoms with E-state index in [2.05, 4.69) is 26.3 Å². The van der Waals surface area contributed by atoms with E-state index in [0.717, 1.165) is 27.6 Å². The van der Waals surface area contributed by atoms with Gasteiger partial charge in [-0.3, -0.25) is 9.48 Å². The first kappa shape index (κ1) is 13.8. The SMILES string of the molecule is CCn1ncc2ccc(NC(=O)c3ccccc3Br)cc21. The van der Waals surface area contributed by atoms with Crippen LogP contribution in [0.5, 0.6) is 0 Å². The molecule has 21 heavy (non-hydrogen) atoms. The lowest BCUT2D eigenvalue weighted by molar-refractivity contribution is 0.102. The highest BCUT2D eigenvalue weighted by Crippen LogP contribution is 2.21. The van der Waals surface area contributed by atoms with Crippen LogP contribution >= 0.6 is 15.9 Å². The van der Waals surface area contributed by atoms with Gasteiger partial charge in [0.15, 0.2) is 0 Å². The number of hydrogen-bond acceptors (Lipinski definition) is 2. The molecule has 5 heteroatoms. The minimum atomic E-state index is -0.135. The van der Waals surface area contributed by atoms with E-state index in [0.29, 0.717) is 5.56 Å². The number of amides is 1. The van der Waals surface area contributed by atoms with E-state index in [4.69, 9.17) is 0 Å². The topological polar surface area (TPSA) is 46.9 Å². The van der Waals surface area contributed by atoms with Crippen molar-refractivity contribution in [1.29, 1.82) is 0 Å². The van der Waals surface area contributed by atoms with Crippen LogP contribution in [0, 0.1) is 0 Å². The second-order valence-electron chi connectivity index (χ2n) is 4.67. The molecule has 0 radical (unpaired) electrons. The van der Waals surface area contributed by atoms with Gasteiger partial charge < -0.3 is 5.32 Å². The zero-order chi connectivity index (χ0) is 14.8. The predicted octanol–water partition coefficient (Wildman–Crippen LogP) is 4.07. The van der Waals surface area contributed by atoms with Crippen molar-refractivity contribution in [2.75, 3.05) is 5.32 Å². The minimum absolute atomic E-state index is 0.135. The monoisotopic (exact) mass is 343 g/mol. The van der Waals surface area contributed by atoms with E-state index in [1.54, 1.807) is 6.07 Å². The fourth-order valence-electron chi connectivity index (χ4n) is 2.24. The first-order valence-electron chi connectivity index (χ1n) is 6.70. The van der Waals surface area contributed by atoms with Gasteiger partial charge in [0.05, 0.1) is 17.3 Å². The van der Waals surface area contributed by atoms with E-state index >= 15 is 0 Å². The summed E-state index contributed by atoms with van der Waals surface area (Å²) in [7, 11) is 0. The maximum Gasteiger partial charge on any atom is 0.256 e. The van der Waals surface area contributed by atoms with Crippen molar-refractivity contribution in [3.05, 3.63) is 58.7 Å². The molecule has 3 aromatic rings. The summed E-state index contributed by atoms with van der Waals surface area (Å²) in [5, 5.41) is 8.29. The Labute approximate surface area is 130 Å². The zero-order valence-corrected chi connectivity index (χ0v) is 13.1. The molecule has 0 aliphatic carbocycles. The van der Waals surface area contributed by atoms with Crippen molar-refractivity contribution in [3.63, 3.8) is 0 Å². The van der Waals surface area contributed by atoms with Gasteiger partial charge in [-0.15, -0.1) is 0 Å². The number of hydrogen-bond donors (Lipinski definition) is 1. The number of anilines is 1. The lowest BCUT2D eigenvalue weighted by Crippen LogP contribution is -2.12. The van der Waals surface area contributed by atoms with Crippen molar-refractivity contribution in [1.82, 2.24) is 9.78 Å². The predicted molar refractivity (Wildman–Crippen MR) is 87.5 cm³/mol. The van der Waals surface area contributed by atoms with Gasteiger partial charge in [0.1, 0.15) is 0 Å². The molecule has 1 N–H and O–H groups in total. The number of halogens is 1. The number of carbonyl (C=O) groups is 1. The van der Waals surface area contributed by atoms with Gasteiger partial charge in [0.2, 0.25) is 0 Å². The lowest BCUT2D eigenvalue weighted by Gasteiger charge is -2.07. The van der Waals surface area contributed by atoms with Crippen molar-refractivity contribution in [3.8, 4) is 0 Å². The molecule has 0 saturated heterocycles. The molecule has 0 fully saturated rings. The summed E-state index contributed by atoms with van der Waals surface area (Å²) in [6.07, 6.45) is 1.83. The summed E-state index contributed by atoms with van der Waals surface area (Å²) in [6.45, 7) is 2.84. The Morgan fingerprint density at radius 1 is 1.29 bits per heavy atom. The second kappa shape index (κ2) is 5.69. The van der Waals surface area contributed by atoms with Crippen molar-refractivity contribution < 1.29 is 4.79 Å². The number of nitrogens with zero attached hydrogens (tertiary/aromatic N) is 2. The van der Waals surface area contributed by atoms with Crippen LogP contribution in [-0.4, -0.2) is 15.7 Å². The van der Waals surface area contributed by atoms with Gasteiger partial charge in [-0.2, -0.15) is 5.10 Å². The summed E-state index contributed by atoms with van der Waals surface area (Å²) >= 11 is 3.39. The van der Waals surface area contributed by atoms with Crippen molar-refractivity contribution >= 4 is 38.4 Å². The van der Waals surface area contributed by atoms with E-state index in [1.807, 2.05) is 54.2 Å². The molecular weight excluding hydrogens is 330 g/mol. The molecule has 2 aromatic carbocycles. The number of rotatable bonds is 3. The number of benzene rings is 2. The van der Waals surface area contributed by atoms with Crippen LogP contribution < -0.4 is 5.32 Å². The molecule has 1 amide bonds. The van der Waals surface area contributed by atoms with Gasteiger partial charge in [0.25, 0.3) is 5.91 Å². The van der Waals surface area contributed by atoms with Crippen LogP contribution in [0.4, 0.5) is 5.69 Å². The van der Waals surface area contributed by atoms with Crippen LogP contribution in [0.1, 0.15) is 17.3 Å². The highest BCUT2D eigenvalue weighted by atomic mass is 79.9. The molecule has 0 aliphatic rings. The summed E-state index contributed by atoms with van der Waals surface area (Å²) in [5.74, 6) is -0.135. The first-order chi connectivity index (χ1) is 10.2. The minimum Gasteiger partial charge on any atom is -0.322 e. The molecule has 0 unspecified atom stereocenters. The standard InChI is InChI=1S/C16H14BrN3O/c1-2-20-15-9-12(8-7-11(15)10-18-20)19-16(21)13-5-3-4-6-14(13)17/h3-10H,2H2,1H3,(H,19,21). The Bertz CT molecular complexity index is 810. The quantitative estimate of drug-likeness (QED) is 0.779. The third-order valence-corrected chi connectivity index (χ3v) is 4.01. The largest absolute Gasteiger partial charge is 0.322 e. The molecule has 0 atom stereocenters. The number of fused-ring (bicyclic) bond motifs is 1. The third kappa shape index (κ3) is 2.69. The molecule has 0 spiro atoms. The van der Waals surface area contributed by atoms with Gasteiger partial charge in [-0.25, -0.2) is 0 Å². The average Bonchev–Trinajstić information content (AvgIpc) is 2.90. The van der Waals surface area contributed by atoms with E-state index < -0.39 is 0 Å². The van der Waals surface area contributed by atoms with Crippen LogP contribution in [0.25, 0.3) is 10.9 Å². The smallest absolute Gasteiger partial charge is 0.256 e. The molecule has 1 heterocycles. The summed E-state index contributed by atoms with van der Waals surface area (Å²) < 4.78 is 2.69. The first-order valence-corrected chi connectivity index (χ1v) is 7.50. The molecule has 1 aromatic heterocycles. The van der Waals surface area contributed by atoms with Gasteiger partial charge >= 0.3 is 0 Å². The van der Waals surface area contributed by atoms with Crippen LogP contribution in [0.15, 0.2) is 53.1 Å². The normalized spacial score (nSPS) is 10.8. The summed E-state index contributed by atoms with van der Waals surface area (Å²) in [4.78, 5) is 12.3. The fraction of sp³-hybridized carbons (Fsp3) is 0.125. The maximum absolute atomic E-state index is 12.3.